The quantitative estimate of drug-likeness (QED) is 0.102. The molecule has 175 valence electrons. The highest BCUT2D eigenvalue weighted by molar-refractivity contribution is 6.22. The van der Waals surface area contributed by atoms with Crippen molar-refractivity contribution in [3.8, 4) is 22.3 Å². The fourth-order valence-corrected chi connectivity index (χ4v) is 4.33. The van der Waals surface area contributed by atoms with Crippen LogP contribution in [0, 0.1) is 60.6 Å². The first kappa shape index (κ1) is 22.9. The molecule has 7 heteroatoms. The highest BCUT2D eigenvalue weighted by Gasteiger charge is 2.31. The molecule has 5 rings (SSSR count). The lowest BCUT2D eigenvalue weighted by Gasteiger charge is -2.20. The Labute approximate surface area is 195 Å². The van der Waals surface area contributed by atoms with Gasteiger partial charge in [0.15, 0.2) is 40.7 Å². The second-order valence-corrected chi connectivity index (χ2v) is 8.30. The molecule has 0 spiro atoms. The molecule has 5 aromatic carbocycles. The van der Waals surface area contributed by atoms with Crippen LogP contribution in [0.3, 0.4) is 0 Å². The maximum Gasteiger partial charge on any atom is 0.198 e. The molecule has 35 heavy (non-hydrogen) atoms. The molecule has 0 bridgehead atoms. The van der Waals surface area contributed by atoms with Crippen molar-refractivity contribution >= 4 is 21.5 Å². The van der Waals surface area contributed by atoms with E-state index in [2.05, 4.69) is 6.07 Å². The Hall–Kier alpha value is -3.87. The number of benzene rings is 5. The highest BCUT2D eigenvalue weighted by Crippen LogP contribution is 2.48. The number of hydrogen-bond donors (Lipinski definition) is 0. The molecule has 0 aliphatic heterocycles. The largest absolute Gasteiger partial charge is 0.203 e. The normalized spacial score (nSPS) is 11.6. The van der Waals surface area contributed by atoms with Crippen LogP contribution < -0.4 is 0 Å². The number of rotatable bonds is 2. The molecule has 0 saturated carbocycles. The van der Waals surface area contributed by atoms with Gasteiger partial charge in [0.05, 0.1) is 0 Å². The van der Waals surface area contributed by atoms with E-state index in [1.807, 2.05) is 0 Å². The molecule has 0 unspecified atom stereocenters. The average Bonchev–Trinajstić information content (AvgIpc) is 2.84. The van der Waals surface area contributed by atoms with E-state index in [9.17, 15) is 17.6 Å². The Bertz CT molecular complexity index is 1650. The zero-order chi connectivity index (χ0) is 25.2. The first-order valence-electron chi connectivity index (χ1n) is 10.5. The molecule has 0 heterocycles. The topological polar surface area (TPSA) is 0 Å². The molecule has 0 atom stereocenters. The molecular formula is C28H14F7. The third-order valence-corrected chi connectivity index (χ3v) is 6.04. The van der Waals surface area contributed by atoms with Crippen LogP contribution in [-0.4, -0.2) is 0 Å². The summed E-state index contributed by atoms with van der Waals surface area (Å²) < 4.78 is 103. The standard InChI is InChI=1S/C28H14F7/c1-12-3-7-14(8-4-12)18-16-11-17(29)23(30)24(31)20(16)22-21(25(32)27(34)28(35)26(22)33)19(18)15-9-5-13(2)6-10-15/h3-10H,1-2H3. The predicted octanol–water partition coefficient (Wildman–Crippen LogP) is 8.72. The van der Waals surface area contributed by atoms with Gasteiger partial charge in [-0.1, -0.05) is 59.7 Å². The van der Waals surface area contributed by atoms with Crippen LogP contribution in [0.2, 0.25) is 0 Å². The second-order valence-electron chi connectivity index (χ2n) is 8.30. The van der Waals surface area contributed by atoms with Crippen LogP contribution in [0.1, 0.15) is 11.1 Å². The van der Waals surface area contributed by atoms with Crippen molar-refractivity contribution in [2.75, 3.05) is 0 Å². The van der Waals surface area contributed by atoms with Crippen LogP contribution in [0.5, 0.6) is 0 Å². The fraction of sp³-hybridized carbons (Fsp3) is 0.0714. The van der Waals surface area contributed by atoms with Gasteiger partial charge in [0, 0.05) is 33.2 Å². The molecule has 5 aromatic rings. The summed E-state index contributed by atoms with van der Waals surface area (Å²) in [6.07, 6.45) is 0. The Morgan fingerprint density at radius 2 is 0.886 bits per heavy atom. The van der Waals surface area contributed by atoms with Gasteiger partial charge in [0.25, 0.3) is 0 Å². The van der Waals surface area contributed by atoms with E-state index in [1.165, 1.54) is 12.1 Å². The third-order valence-electron chi connectivity index (χ3n) is 6.04. The first-order chi connectivity index (χ1) is 16.6. The van der Waals surface area contributed by atoms with E-state index in [-0.39, 0.29) is 16.7 Å². The highest BCUT2D eigenvalue weighted by atomic mass is 19.2. The number of aryl methyl sites for hydroxylation is 2. The van der Waals surface area contributed by atoms with Gasteiger partial charge in [-0.05, 0) is 30.5 Å². The van der Waals surface area contributed by atoms with Crippen molar-refractivity contribution in [2.45, 2.75) is 13.8 Å². The van der Waals surface area contributed by atoms with E-state index in [0.29, 0.717) is 5.56 Å². The molecule has 0 aliphatic carbocycles. The molecule has 0 amide bonds. The average molecular weight is 483 g/mol. The van der Waals surface area contributed by atoms with E-state index in [0.717, 1.165) is 11.1 Å². The van der Waals surface area contributed by atoms with Gasteiger partial charge in [0.1, 0.15) is 0 Å². The molecular weight excluding hydrogens is 469 g/mol. The maximum atomic E-state index is 15.4. The van der Waals surface area contributed by atoms with Crippen LogP contribution in [0.25, 0.3) is 43.8 Å². The van der Waals surface area contributed by atoms with E-state index < -0.39 is 62.3 Å². The van der Waals surface area contributed by atoms with Crippen LogP contribution in [0.4, 0.5) is 30.7 Å². The molecule has 0 saturated heterocycles. The first-order valence-corrected chi connectivity index (χ1v) is 10.5. The molecule has 0 aromatic heterocycles. The summed E-state index contributed by atoms with van der Waals surface area (Å²) in [6.45, 7) is 3.57. The van der Waals surface area contributed by atoms with Crippen molar-refractivity contribution in [3.05, 3.63) is 106 Å². The Balaban J connectivity index is 2.18. The lowest BCUT2D eigenvalue weighted by Crippen LogP contribution is -2.05. The monoisotopic (exact) mass is 483 g/mol. The van der Waals surface area contributed by atoms with Gasteiger partial charge in [-0.2, -0.15) is 0 Å². The van der Waals surface area contributed by atoms with E-state index >= 15 is 13.2 Å². The number of fused-ring (bicyclic) bond motifs is 3. The zero-order valence-corrected chi connectivity index (χ0v) is 18.3. The van der Waals surface area contributed by atoms with E-state index in [1.54, 1.807) is 50.2 Å². The summed E-state index contributed by atoms with van der Waals surface area (Å²) in [6, 6.07) is 14.9. The molecule has 0 aliphatic rings. The van der Waals surface area contributed by atoms with Gasteiger partial charge < -0.3 is 0 Å². The minimum Gasteiger partial charge on any atom is -0.203 e. The summed E-state index contributed by atoms with van der Waals surface area (Å²) in [5.41, 5.74) is 1.98. The predicted molar refractivity (Wildman–Crippen MR) is 120 cm³/mol. The summed E-state index contributed by atoms with van der Waals surface area (Å²) in [5.74, 6) is -13.6. The SMILES string of the molecule is Cc1ccc(-c2c(-c3ccc(C)cc3)c3c(F)c(F)c(F)c(F)c3c3c(F)c(F)c(F)[c]c23)cc1. The van der Waals surface area contributed by atoms with Crippen molar-refractivity contribution in [1.29, 1.82) is 0 Å². The summed E-state index contributed by atoms with van der Waals surface area (Å²) in [7, 11) is 0. The lowest BCUT2D eigenvalue weighted by molar-refractivity contribution is 0.418. The molecule has 0 N–H and O–H groups in total. The second kappa shape index (κ2) is 8.12. The van der Waals surface area contributed by atoms with Crippen molar-refractivity contribution in [3.63, 3.8) is 0 Å². The van der Waals surface area contributed by atoms with Crippen LogP contribution in [0.15, 0.2) is 48.5 Å². The van der Waals surface area contributed by atoms with Crippen LogP contribution >= 0.6 is 0 Å². The maximum absolute atomic E-state index is 15.4. The molecule has 0 nitrogen and oxygen atoms in total. The van der Waals surface area contributed by atoms with Gasteiger partial charge in [0.2, 0.25) is 0 Å². The summed E-state index contributed by atoms with van der Waals surface area (Å²) in [4.78, 5) is 0. The zero-order valence-electron chi connectivity index (χ0n) is 18.3. The smallest absolute Gasteiger partial charge is 0.198 e. The summed E-state index contributed by atoms with van der Waals surface area (Å²) >= 11 is 0. The Kier molecular flexibility index (Phi) is 5.31. The molecule has 1 radical (unpaired) electrons. The van der Waals surface area contributed by atoms with Gasteiger partial charge in [-0.15, -0.1) is 0 Å². The van der Waals surface area contributed by atoms with Gasteiger partial charge >= 0.3 is 0 Å². The van der Waals surface area contributed by atoms with Crippen molar-refractivity contribution in [1.82, 2.24) is 0 Å². The van der Waals surface area contributed by atoms with Crippen molar-refractivity contribution in [2.24, 2.45) is 0 Å². The Morgan fingerprint density at radius 3 is 1.40 bits per heavy atom. The van der Waals surface area contributed by atoms with Gasteiger partial charge in [-0.25, -0.2) is 30.7 Å². The summed E-state index contributed by atoms with van der Waals surface area (Å²) in [5, 5.41) is -3.24. The van der Waals surface area contributed by atoms with Crippen LogP contribution in [-0.2, 0) is 0 Å². The van der Waals surface area contributed by atoms with E-state index in [4.69, 9.17) is 0 Å². The molecule has 0 fully saturated rings. The number of halogens is 7. The fourth-order valence-electron chi connectivity index (χ4n) is 4.33. The minimum atomic E-state index is -2.20. The lowest BCUT2D eigenvalue weighted by atomic mass is 9.84. The third kappa shape index (κ3) is 3.37. The Morgan fingerprint density at radius 1 is 0.457 bits per heavy atom. The number of hydrogen-bond acceptors (Lipinski definition) is 0. The van der Waals surface area contributed by atoms with Gasteiger partial charge in [-0.3, -0.25) is 0 Å². The minimum absolute atomic E-state index is 0.0431. The van der Waals surface area contributed by atoms with Crippen molar-refractivity contribution < 1.29 is 30.7 Å².